The van der Waals surface area contributed by atoms with Crippen molar-refractivity contribution in [2.45, 2.75) is 59.3 Å². The summed E-state index contributed by atoms with van der Waals surface area (Å²) in [6.45, 7) is 7.15. The third kappa shape index (κ3) is 27.9. The van der Waals surface area contributed by atoms with Crippen molar-refractivity contribution in [1.82, 2.24) is 103 Å². The van der Waals surface area contributed by atoms with E-state index in [1.165, 1.54) is 79.1 Å². The van der Waals surface area contributed by atoms with Crippen LogP contribution in [0.5, 0.6) is 11.5 Å². The van der Waals surface area contributed by atoms with Crippen LogP contribution in [0, 0.1) is 0 Å². The van der Waals surface area contributed by atoms with Crippen molar-refractivity contribution in [1.29, 1.82) is 0 Å². The molecule has 25 aromatic rings. The second-order valence-electron chi connectivity index (χ2n) is 35.3. The fourth-order valence-electron chi connectivity index (χ4n) is 17.2. The first-order valence-corrected chi connectivity index (χ1v) is 49.1. The number of benzene rings is 17. The van der Waals surface area contributed by atoms with Gasteiger partial charge in [0.1, 0.15) is 118 Å². The number of hydrogen-bond acceptors (Lipinski definition) is 18. The van der Waals surface area contributed by atoms with E-state index in [0.29, 0.717) is 39.3 Å². The minimum absolute atomic E-state index is 0.0793. The van der Waals surface area contributed by atoms with Crippen LogP contribution in [0.4, 0.5) is 0 Å². The SMILES string of the molecule is CC(=O)c1cccc(-c2cccc(Cn3cncn3)c2)c1.Clc1cccc(-c2cccc(Cn3cncn3)c2)c1.Oc1cccc(-c2cccc(Cn3cncn3)c2)c1.c1cc(Cn2cncn2)cc(-c2ccc3ccccc3c2)c1.c1cc(Cn2cncn2)cc(-c2cccc3c2oc2ccccc23)c1.c1ccc(-c2cccc(Cn3cncn3)c2)cc1.c1ccc(COc2ccc(-c3cccc(Cn4cncn4)c3)cc2)cc1. The first-order valence-electron chi connectivity index (χ1n) is 48.7. The number of ether oxygens (including phenoxy) is 1. The average molecular weight is 1990 g/mol. The number of rotatable bonds is 25. The number of furan rings is 1. The maximum absolute atomic E-state index is 11.5. The van der Waals surface area contributed by atoms with E-state index in [1.54, 1.807) is 109 Å². The normalized spacial score (nSPS) is 10.7. The third-order valence-electron chi connectivity index (χ3n) is 24.4. The summed E-state index contributed by atoms with van der Waals surface area (Å²) in [5.74, 6) is 1.23. The van der Waals surface area contributed by atoms with E-state index in [1.807, 2.05) is 164 Å². The molecule has 150 heavy (non-hydrogen) atoms. The summed E-state index contributed by atoms with van der Waals surface area (Å²) in [6, 6.07) is 140. The van der Waals surface area contributed by atoms with Crippen LogP contribution in [0.15, 0.2) is 506 Å². The molecule has 17 aromatic carbocycles. The maximum Gasteiger partial charge on any atom is 0.159 e. The van der Waals surface area contributed by atoms with Gasteiger partial charge in [-0.1, -0.05) is 327 Å². The lowest BCUT2D eigenvalue weighted by Crippen LogP contribution is -2.00. The number of phenolic OH excluding ortho intramolecular Hbond substituents is 1. The first-order chi connectivity index (χ1) is 73.9. The molecule has 26 heteroatoms. The highest BCUT2D eigenvalue weighted by Gasteiger charge is 2.16. The highest BCUT2D eigenvalue weighted by atomic mass is 35.5. The number of fused-ring (bicyclic) bond motifs is 4. The Hall–Kier alpha value is -19.7. The van der Waals surface area contributed by atoms with Crippen LogP contribution in [-0.4, -0.2) is 114 Å². The third-order valence-corrected chi connectivity index (χ3v) is 24.7. The fourth-order valence-corrected chi connectivity index (χ4v) is 17.4. The second kappa shape index (κ2) is 50.0. The smallest absolute Gasteiger partial charge is 0.159 e. The molecule has 1 N–H and O–H groups in total. The number of phenols is 1. The van der Waals surface area contributed by atoms with Gasteiger partial charge in [0.15, 0.2) is 5.78 Å². The van der Waals surface area contributed by atoms with Gasteiger partial charge in [-0.25, -0.2) is 67.7 Å². The molecule has 0 saturated carbocycles. The zero-order chi connectivity index (χ0) is 102. The topological polar surface area (TPSA) is 275 Å². The summed E-state index contributed by atoms with van der Waals surface area (Å²) in [5, 5.41) is 44.0. The summed E-state index contributed by atoms with van der Waals surface area (Å²) in [7, 11) is 0. The number of hydrogen-bond donors (Lipinski definition) is 1. The van der Waals surface area contributed by atoms with Crippen molar-refractivity contribution in [3.05, 3.63) is 556 Å². The molecule has 0 radical (unpaired) electrons. The Morgan fingerprint density at radius 2 is 0.573 bits per heavy atom. The summed E-state index contributed by atoms with van der Waals surface area (Å²) < 4.78 is 24.7. The van der Waals surface area contributed by atoms with Crippen LogP contribution in [0.3, 0.4) is 0 Å². The van der Waals surface area contributed by atoms with Gasteiger partial charge in [0.05, 0.1) is 45.8 Å². The second-order valence-corrected chi connectivity index (χ2v) is 35.7. The van der Waals surface area contributed by atoms with Gasteiger partial charge in [-0.2, -0.15) is 35.7 Å². The highest BCUT2D eigenvalue weighted by molar-refractivity contribution is 6.30. The predicted octanol–water partition coefficient (Wildman–Crippen LogP) is 26.1. The van der Waals surface area contributed by atoms with E-state index in [-0.39, 0.29) is 11.5 Å². The van der Waals surface area contributed by atoms with Gasteiger partial charge >= 0.3 is 0 Å². The number of carbonyl (C=O) groups excluding carboxylic acids is 1. The zero-order valence-corrected chi connectivity index (χ0v) is 82.7. The lowest BCUT2D eigenvalue weighted by atomic mass is 10.00. The monoisotopic (exact) mass is 1980 g/mol. The van der Waals surface area contributed by atoms with Gasteiger partial charge in [-0.3, -0.25) is 4.79 Å². The number of ketones is 1. The Morgan fingerprint density at radius 1 is 0.267 bits per heavy atom. The molecule has 734 valence electrons. The Labute approximate surface area is 871 Å². The molecule has 0 aliphatic rings. The number of nitrogens with zero attached hydrogens (tertiary/aromatic N) is 21. The first kappa shape index (κ1) is 99.1. The number of aromatic hydroxyl groups is 1. The van der Waals surface area contributed by atoms with Crippen molar-refractivity contribution in [2.24, 2.45) is 0 Å². The Balaban J connectivity index is 0.000000110. The van der Waals surface area contributed by atoms with E-state index in [9.17, 15) is 9.90 Å². The van der Waals surface area contributed by atoms with Gasteiger partial charge < -0.3 is 14.3 Å². The van der Waals surface area contributed by atoms with E-state index in [4.69, 9.17) is 20.8 Å². The number of Topliss-reactive ketones (excluding diaryl/α,β-unsaturated/α-hetero) is 1. The molecule has 0 aliphatic carbocycles. The van der Waals surface area contributed by atoms with Crippen LogP contribution < -0.4 is 4.74 Å². The van der Waals surface area contributed by atoms with Crippen molar-refractivity contribution in [3.8, 4) is 89.4 Å². The molecule has 0 saturated heterocycles. The number of halogens is 1. The zero-order valence-electron chi connectivity index (χ0n) is 81.9. The maximum atomic E-state index is 11.5. The number of para-hydroxylation sites is 2. The molecule has 25 nitrogen and oxygen atoms in total. The molecule has 8 heterocycles. The Morgan fingerprint density at radius 3 is 0.987 bits per heavy atom. The van der Waals surface area contributed by atoms with Crippen LogP contribution in [0.25, 0.3) is 111 Å². The van der Waals surface area contributed by atoms with Crippen LogP contribution in [-0.2, 0) is 52.4 Å². The molecular weight excluding hydrogens is 1880 g/mol. The number of aromatic nitrogens is 21. The fraction of sp³-hybridized carbons (Fsp3) is 0.0726. The molecule has 0 unspecified atom stereocenters. The van der Waals surface area contributed by atoms with Crippen molar-refractivity contribution >= 4 is 50.1 Å². The molecule has 8 aromatic heterocycles. The molecular formula is C124H102ClN21O4. The van der Waals surface area contributed by atoms with Gasteiger partial charge in [0.2, 0.25) is 0 Å². The average Bonchev–Trinajstić information content (AvgIpc) is 1.61. The van der Waals surface area contributed by atoms with Gasteiger partial charge in [0.25, 0.3) is 0 Å². The van der Waals surface area contributed by atoms with E-state index < -0.39 is 0 Å². The molecule has 0 atom stereocenters. The van der Waals surface area contributed by atoms with E-state index in [2.05, 4.69) is 325 Å². The number of carbonyl (C=O) groups is 1. The molecule has 25 rings (SSSR count). The van der Waals surface area contributed by atoms with Gasteiger partial charge in [-0.15, -0.1) is 0 Å². The van der Waals surface area contributed by atoms with Crippen LogP contribution in [0.1, 0.15) is 61.8 Å². The van der Waals surface area contributed by atoms with E-state index in [0.717, 1.165) is 118 Å². The minimum Gasteiger partial charge on any atom is -0.508 e. The van der Waals surface area contributed by atoms with Crippen LogP contribution >= 0.6 is 11.6 Å². The van der Waals surface area contributed by atoms with Crippen molar-refractivity contribution < 1.29 is 19.1 Å². The minimum atomic E-state index is 0.0793. The Bertz CT molecular complexity index is 8430. The lowest BCUT2D eigenvalue weighted by Gasteiger charge is -2.09. The van der Waals surface area contributed by atoms with E-state index >= 15 is 0 Å². The van der Waals surface area contributed by atoms with Gasteiger partial charge in [0, 0.05) is 26.9 Å². The van der Waals surface area contributed by atoms with Crippen molar-refractivity contribution in [3.63, 3.8) is 0 Å². The molecule has 0 amide bonds. The lowest BCUT2D eigenvalue weighted by molar-refractivity contribution is 0.101. The predicted molar refractivity (Wildman–Crippen MR) is 589 cm³/mol. The standard InChI is InChI=1S/C22H19N3O.C21H15N3O.C19H15N3.C17H15N3O.C15H12ClN3.C15H13N3O.C15H13N3/c1-2-5-18(6-3-1)15-26-22-11-9-20(10-12-22)21-8-4-7-19(13-21)14-25-17-23-16-24-25;1-2-10-20-18(7-1)19-9-4-8-17(21(19)25-20)16-6-3-5-15(11-16)12-24-14-22-13-23-24;1-2-6-18-11-19(9-8-16(18)5-1)17-7-3-4-15(10-17)12-22-14-20-13-21-22;1-13(21)15-5-3-7-17(9-15)16-6-2-4-14(8-16)10-20-12-18-11-19-20;16-15-6-2-5-14(8-15)13-4-1-3-12(7-13)9-19-11-17-10-18-19;19-15-6-2-5-14(8-15)13-4-1-3-12(7-13)9-18-11-16-10-17-18;1-2-6-14(7-3-1)15-8-4-5-13(9-15)10-18-12-16-11-17-18/h1-13,16-17H,14-15H2;1-11,13-14H,12H2;1-11,13-14H,12H2;2-9,11-12H,10H2,1H3;1-8,10-11H,9H2;1-8,10-11,19H,9H2;1-9,11-12H,10H2. The molecule has 0 fully saturated rings. The summed E-state index contributed by atoms with van der Waals surface area (Å²) in [4.78, 5) is 39.2. The summed E-state index contributed by atoms with van der Waals surface area (Å²) >= 11 is 6.03. The summed E-state index contributed by atoms with van der Waals surface area (Å²) in [6.07, 6.45) is 22.9. The highest BCUT2D eigenvalue weighted by Crippen LogP contribution is 2.38. The Kier molecular flexibility index (Phi) is 33.1. The quantitative estimate of drug-likeness (QED) is 0.0521. The summed E-state index contributed by atoms with van der Waals surface area (Å²) in [5.41, 5.74) is 28.0. The van der Waals surface area contributed by atoms with Gasteiger partial charge in [-0.05, 0) is 232 Å². The molecule has 0 spiro atoms. The largest absolute Gasteiger partial charge is 0.508 e. The molecule has 0 bridgehead atoms. The van der Waals surface area contributed by atoms with Crippen molar-refractivity contribution in [2.75, 3.05) is 0 Å². The molecule has 0 aliphatic heterocycles. The van der Waals surface area contributed by atoms with Crippen LogP contribution in [0.2, 0.25) is 5.02 Å².